The van der Waals surface area contributed by atoms with Gasteiger partial charge in [-0.3, -0.25) is 9.79 Å². The van der Waals surface area contributed by atoms with Crippen molar-refractivity contribution in [1.82, 2.24) is 10.3 Å². The Hall–Kier alpha value is -3.91. The van der Waals surface area contributed by atoms with E-state index in [4.69, 9.17) is 37.9 Å². The molecule has 214 valence electrons. The van der Waals surface area contributed by atoms with Gasteiger partial charge in [0.05, 0.1) is 25.1 Å². The second-order valence-corrected chi connectivity index (χ2v) is 11.2. The Morgan fingerprint density at radius 1 is 0.976 bits per heavy atom. The van der Waals surface area contributed by atoms with E-state index < -0.39 is 6.04 Å². The molecule has 1 atom stereocenters. The molecule has 1 aromatic heterocycles. The highest BCUT2D eigenvalue weighted by atomic mass is 35.5. The number of hydrogen-bond donors (Lipinski definition) is 1. The van der Waals surface area contributed by atoms with Gasteiger partial charge in [0.25, 0.3) is 5.91 Å². The number of piperazine rings is 1. The molecule has 4 aromatic rings. The van der Waals surface area contributed by atoms with E-state index in [2.05, 4.69) is 10.2 Å². The fraction of sp³-hybridized carbons (Fsp3) is 0.242. The lowest BCUT2D eigenvalue weighted by atomic mass is 10.0. The predicted molar refractivity (Wildman–Crippen MR) is 170 cm³/mol. The maximum Gasteiger partial charge on any atom is 0.252 e. The number of halogens is 2. The van der Waals surface area contributed by atoms with E-state index in [1.165, 1.54) is 0 Å². The van der Waals surface area contributed by atoms with Gasteiger partial charge in [0.2, 0.25) is 0 Å². The molecule has 2 aliphatic heterocycles. The van der Waals surface area contributed by atoms with Crippen molar-refractivity contribution in [3.8, 4) is 5.75 Å². The van der Waals surface area contributed by atoms with E-state index >= 15 is 0 Å². The van der Waals surface area contributed by atoms with Crippen LogP contribution in [0.1, 0.15) is 22.3 Å². The van der Waals surface area contributed by atoms with Crippen LogP contribution in [0.15, 0.2) is 90.1 Å². The van der Waals surface area contributed by atoms with E-state index in [1.807, 2.05) is 85.1 Å². The van der Waals surface area contributed by atoms with Crippen molar-refractivity contribution in [1.29, 1.82) is 0 Å². The van der Waals surface area contributed by atoms with E-state index in [1.54, 1.807) is 12.0 Å². The van der Waals surface area contributed by atoms with E-state index in [-0.39, 0.29) is 5.91 Å². The van der Waals surface area contributed by atoms with Crippen LogP contribution in [0.5, 0.6) is 5.75 Å². The number of hydrogen-bond acceptors (Lipinski definition) is 6. The topological polar surface area (TPSA) is 70.1 Å². The van der Waals surface area contributed by atoms with Crippen LogP contribution in [0.25, 0.3) is 0 Å². The summed E-state index contributed by atoms with van der Waals surface area (Å²) in [6, 6.07) is 24.3. The SMILES string of the molecule is COc1ccc(CN2C(=O)C(Cc3ccccc3Cl)N=C(c3ccc(N4CCNCC4)nc3)c3cc(Cl)ccc32)cc1. The van der Waals surface area contributed by atoms with Gasteiger partial charge < -0.3 is 19.9 Å². The fourth-order valence-corrected chi connectivity index (χ4v) is 5.82. The first kappa shape index (κ1) is 28.2. The summed E-state index contributed by atoms with van der Waals surface area (Å²) in [6.07, 6.45) is 2.20. The Morgan fingerprint density at radius 2 is 1.76 bits per heavy atom. The lowest BCUT2D eigenvalue weighted by Crippen LogP contribution is -2.43. The van der Waals surface area contributed by atoms with Crippen LogP contribution in [0.4, 0.5) is 11.5 Å². The molecule has 9 heteroatoms. The highest BCUT2D eigenvalue weighted by molar-refractivity contribution is 6.32. The van der Waals surface area contributed by atoms with Crippen LogP contribution in [0.2, 0.25) is 10.0 Å². The molecule has 3 aromatic carbocycles. The number of pyridine rings is 1. The van der Waals surface area contributed by atoms with E-state index in [9.17, 15) is 4.79 Å². The third-order valence-corrected chi connectivity index (χ3v) is 8.28. The number of benzodiazepines with no additional fused rings is 1. The van der Waals surface area contributed by atoms with Gasteiger partial charge in [0.15, 0.2) is 0 Å². The summed E-state index contributed by atoms with van der Waals surface area (Å²) in [4.78, 5) is 28.4. The van der Waals surface area contributed by atoms with Gasteiger partial charge in [-0.15, -0.1) is 0 Å². The summed E-state index contributed by atoms with van der Waals surface area (Å²) in [6.45, 7) is 4.02. The number of methoxy groups -OCH3 is 1. The molecular formula is C33H31Cl2N5O2. The number of rotatable bonds is 7. The third-order valence-electron chi connectivity index (χ3n) is 7.67. The smallest absolute Gasteiger partial charge is 0.252 e. The summed E-state index contributed by atoms with van der Waals surface area (Å²) in [5.41, 5.74) is 4.85. The van der Waals surface area contributed by atoms with Crippen LogP contribution in [0, 0.1) is 0 Å². The maximum absolute atomic E-state index is 14.4. The molecule has 1 unspecified atom stereocenters. The van der Waals surface area contributed by atoms with Crippen LogP contribution >= 0.6 is 23.2 Å². The standard InChI is InChI=1S/C33H31Cl2N5O2/c1-42-26-10-6-22(7-11-26)21-40-30-12-9-25(34)19-27(30)32(24-8-13-31(37-20-24)39-16-14-36-15-17-39)38-29(33(40)41)18-23-4-2-3-5-28(23)35/h2-13,19-20,29,36H,14-18,21H2,1H3. The number of amides is 1. The first-order valence-electron chi connectivity index (χ1n) is 14.0. The van der Waals surface area contributed by atoms with Crippen LogP contribution in [-0.4, -0.2) is 55.9 Å². The normalized spacial score (nSPS) is 17.0. The van der Waals surface area contributed by atoms with Gasteiger partial charge >= 0.3 is 0 Å². The molecule has 42 heavy (non-hydrogen) atoms. The predicted octanol–water partition coefficient (Wildman–Crippen LogP) is 5.80. The number of fused-ring (bicyclic) bond motifs is 1. The number of carbonyl (C=O) groups is 1. The largest absolute Gasteiger partial charge is 0.497 e. The summed E-state index contributed by atoms with van der Waals surface area (Å²) >= 11 is 13.1. The first-order chi connectivity index (χ1) is 20.5. The number of carbonyl (C=O) groups excluding carboxylic acids is 1. The fourth-order valence-electron chi connectivity index (χ4n) is 5.43. The molecule has 0 saturated carbocycles. The Labute approximate surface area is 255 Å². The summed E-state index contributed by atoms with van der Waals surface area (Å²) in [7, 11) is 1.64. The second kappa shape index (κ2) is 12.5. The van der Waals surface area contributed by atoms with Crippen LogP contribution < -0.4 is 19.9 Å². The molecule has 2 aliphatic rings. The Bertz CT molecular complexity index is 1600. The number of nitrogens with one attached hydrogen (secondary N) is 1. The number of anilines is 2. The van der Waals surface area contributed by atoms with Crippen molar-refractivity contribution in [2.24, 2.45) is 4.99 Å². The first-order valence-corrected chi connectivity index (χ1v) is 14.7. The zero-order valence-electron chi connectivity index (χ0n) is 23.3. The quantitative estimate of drug-likeness (QED) is 0.291. The molecule has 0 radical (unpaired) electrons. The van der Waals surface area contributed by atoms with Gasteiger partial charge in [-0.25, -0.2) is 4.98 Å². The van der Waals surface area contributed by atoms with Gasteiger partial charge in [-0.1, -0.05) is 53.5 Å². The molecule has 0 aliphatic carbocycles. The van der Waals surface area contributed by atoms with Crippen molar-refractivity contribution < 1.29 is 9.53 Å². The maximum atomic E-state index is 14.4. The minimum atomic E-state index is -0.711. The van der Waals surface area contributed by atoms with E-state index in [0.717, 1.165) is 65.7 Å². The third kappa shape index (κ3) is 6.00. The molecule has 1 N–H and O–H groups in total. The molecule has 1 fully saturated rings. The molecule has 1 amide bonds. The van der Waals surface area contributed by atoms with Gasteiger partial charge in [0, 0.05) is 60.0 Å². The van der Waals surface area contributed by atoms with Crippen molar-refractivity contribution >= 4 is 46.3 Å². The summed E-state index contributed by atoms with van der Waals surface area (Å²) in [5, 5.41) is 4.55. The molecule has 3 heterocycles. The molecule has 7 nitrogen and oxygen atoms in total. The van der Waals surface area contributed by atoms with Gasteiger partial charge in [0.1, 0.15) is 17.6 Å². The van der Waals surface area contributed by atoms with Crippen molar-refractivity contribution in [2.45, 2.75) is 19.0 Å². The van der Waals surface area contributed by atoms with Crippen molar-refractivity contribution in [3.05, 3.63) is 117 Å². The average Bonchev–Trinajstić information content (AvgIpc) is 3.13. The molecule has 1 saturated heterocycles. The van der Waals surface area contributed by atoms with Crippen molar-refractivity contribution in [3.63, 3.8) is 0 Å². The molecular weight excluding hydrogens is 569 g/mol. The second-order valence-electron chi connectivity index (χ2n) is 10.4. The highest BCUT2D eigenvalue weighted by Crippen LogP contribution is 2.34. The molecule has 0 spiro atoms. The highest BCUT2D eigenvalue weighted by Gasteiger charge is 2.33. The minimum absolute atomic E-state index is 0.116. The number of aromatic nitrogens is 1. The number of ether oxygens (including phenoxy) is 1. The van der Waals surface area contributed by atoms with Crippen LogP contribution in [-0.2, 0) is 17.8 Å². The van der Waals surface area contributed by atoms with Gasteiger partial charge in [-0.2, -0.15) is 0 Å². The monoisotopic (exact) mass is 599 g/mol. The summed E-state index contributed by atoms with van der Waals surface area (Å²) < 4.78 is 5.34. The zero-order valence-corrected chi connectivity index (χ0v) is 24.8. The van der Waals surface area contributed by atoms with E-state index in [0.29, 0.717) is 28.7 Å². The molecule has 0 bridgehead atoms. The van der Waals surface area contributed by atoms with Crippen molar-refractivity contribution in [2.75, 3.05) is 43.1 Å². The molecule has 6 rings (SSSR count). The lowest BCUT2D eigenvalue weighted by Gasteiger charge is -2.28. The number of nitrogens with zero attached hydrogens (tertiary/aromatic N) is 4. The minimum Gasteiger partial charge on any atom is -0.497 e. The van der Waals surface area contributed by atoms with Crippen LogP contribution in [0.3, 0.4) is 0 Å². The number of benzene rings is 3. The average molecular weight is 601 g/mol. The lowest BCUT2D eigenvalue weighted by molar-refractivity contribution is -0.119. The zero-order chi connectivity index (χ0) is 29.1. The summed E-state index contributed by atoms with van der Waals surface area (Å²) in [5.74, 6) is 1.56. The number of aliphatic imine (C=N–C) groups is 1. The Balaban J connectivity index is 1.44. The Kier molecular flexibility index (Phi) is 8.42. The Morgan fingerprint density at radius 3 is 2.48 bits per heavy atom. The van der Waals surface area contributed by atoms with Gasteiger partial charge in [-0.05, 0) is 59.7 Å².